The number of hydrogen-bond donors (Lipinski definition) is 0. The fraction of sp³-hybridized carbons (Fsp3) is 0.625. The van der Waals surface area contributed by atoms with Crippen molar-refractivity contribution in [1.29, 1.82) is 0 Å². The molecule has 0 heterocycles. The summed E-state index contributed by atoms with van der Waals surface area (Å²) in [5.74, 6) is 0.823. The Kier molecular flexibility index (Phi) is 2.85. The molecular weight excluding hydrogens is 272 g/mol. The summed E-state index contributed by atoms with van der Waals surface area (Å²) in [5, 5.41) is 0. The third-order valence-electron chi connectivity index (χ3n) is 4.63. The van der Waals surface area contributed by atoms with Gasteiger partial charge in [-0.2, -0.15) is 0 Å². The van der Waals surface area contributed by atoms with Crippen molar-refractivity contribution in [2.45, 2.75) is 50.8 Å². The summed E-state index contributed by atoms with van der Waals surface area (Å²) in [6, 6.07) is 7.17. The van der Waals surface area contributed by atoms with Gasteiger partial charge in [-0.15, -0.1) is 0 Å². The molecule has 0 N–H and O–H groups in total. The van der Waals surface area contributed by atoms with E-state index in [1.807, 2.05) is 0 Å². The Bertz CT molecular complexity index is 433. The molecular formula is C16H21Br. The Morgan fingerprint density at radius 1 is 1.18 bits per heavy atom. The van der Waals surface area contributed by atoms with E-state index in [9.17, 15) is 0 Å². The molecule has 1 aromatic rings. The van der Waals surface area contributed by atoms with Crippen molar-refractivity contribution in [3.8, 4) is 0 Å². The third kappa shape index (κ3) is 2.19. The monoisotopic (exact) mass is 292 g/mol. The van der Waals surface area contributed by atoms with Crippen LogP contribution < -0.4 is 0 Å². The van der Waals surface area contributed by atoms with Gasteiger partial charge in [-0.05, 0) is 60.1 Å². The molecule has 0 aromatic heterocycles. The molecule has 2 atom stereocenters. The molecule has 0 amide bonds. The first-order chi connectivity index (χ1) is 8.08. The van der Waals surface area contributed by atoms with Crippen LogP contribution in [0.5, 0.6) is 0 Å². The normalized spacial score (nSPS) is 27.4. The van der Waals surface area contributed by atoms with Gasteiger partial charge in [0, 0.05) is 4.83 Å². The number of rotatable bonds is 2. The number of hydrogen-bond acceptors (Lipinski definition) is 0. The van der Waals surface area contributed by atoms with Crippen LogP contribution in [-0.4, -0.2) is 0 Å². The molecule has 0 spiro atoms. The molecule has 1 aromatic carbocycles. The van der Waals surface area contributed by atoms with Gasteiger partial charge in [0.15, 0.2) is 0 Å². The van der Waals surface area contributed by atoms with Crippen molar-refractivity contribution in [2.75, 3.05) is 0 Å². The number of halogens is 1. The standard InChI is InChI=1S/C16H21Br/c1-16(2)10-14(16)15(17)13-8-7-11-5-3-4-6-12(11)9-13/h7-9,14-15H,3-6,10H2,1-2H3. The third-order valence-corrected chi connectivity index (χ3v) is 5.80. The molecule has 2 aliphatic carbocycles. The highest BCUT2D eigenvalue weighted by Gasteiger charge is 2.49. The Balaban J connectivity index is 1.84. The van der Waals surface area contributed by atoms with E-state index >= 15 is 0 Å². The molecule has 0 saturated heterocycles. The van der Waals surface area contributed by atoms with Crippen molar-refractivity contribution < 1.29 is 0 Å². The van der Waals surface area contributed by atoms with E-state index in [-0.39, 0.29) is 0 Å². The van der Waals surface area contributed by atoms with Gasteiger partial charge in [0.05, 0.1) is 0 Å². The topological polar surface area (TPSA) is 0 Å². The molecule has 3 rings (SSSR count). The van der Waals surface area contributed by atoms with E-state index < -0.39 is 0 Å². The average Bonchev–Trinajstić information content (AvgIpc) is 2.97. The van der Waals surface area contributed by atoms with Crippen LogP contribution in [0.25, 0.3) is 0 Å². The second kappa shape index (κ2) is 4.12. The summed E-state index contributed by atoms with van der Waals surface area (Å²) in [6.45, 7) is 4.76. The molecule has 0 aliphatic heterocycles. The second-order valence-electron chi connectivity index (χ2n) is 6.44. The van der Waals surface area contributed by atoms with Gasteiger partial charge in [0.25, 0.3) is 0 Å². The molecule has 0 radical (unpaired) electrons. The van der Waals surface area contributed by atoms with Crippen molar-refractivity contribution in [2.24, 2.45) is 11.3 Å². The molecule has 0 bridgehead atoms. The van der Waals surface area contributed by atoms with Crippen LogP contribution in [0.4, 0.5) is 0 Å². The quantitative estimate of drug-likeness (QED) is 0.669. The van der Waals surface area contributed by atoms with Crippen LogP contribution in [-0.2, 0) is 12.8 Å². The van der Waals surface area contributed by atoms with Crippen molar-refractivity contribution >= 4 is 15.9 Å². The highest BCUT2D eigenvalue weighted by Crippen LogP contribution is 2.60. The fourth-order valence-corrected chi connectivity index (χ4v) is 4.35. The van der Waals surface area contributed by atoms with Gasteiger partial charge in [0.1, 0.15) is 0 Å². The maximum Gasteiger partial charge on any atom is 0.0428 e. The first-order valence-corrected chi connectivity index (χ1v) is 7.75. The molecule has 1 fully saturated rings. The molecule has 1 heteroatoms. The van der Waals surface area contributed by atoms with E-state index in [4.69, 9.17) is 0 Å². The minimum absolute atomic E-state index is 0.546. The van der Waals surface area contributed by atoms with Gasteiger partial charge in [0.2, 0.25) is 0 Å². The Labute approximate surface area is 113 Å². The van der Waals surface area contributed by atoms with Crippen LogP contribution in [0.2, 0.25) is 0 Å². The SMILES string of the molecule is CC1(C)CC1C(Br)c1ccc2c(c1)CCCC2. The summed E-state index contributed by atoms with van der Waals surface area (Å²) in [4.78, 5) is 0.560. The van der Waals surface area contributed by atoms with Crippen LogP contribution in [0.15, 0.2) is 18.2 Å². The summed E-state index contributed by atoms with van der Waals surface area (Å²) in [7, 11) is 0. The lowest BCUT2D eigenvalue weighted by molar-refractivity contribution is 0.554. The maximum absolute atomic E-state index is 3.92. The average molecular weight is 293 g/mol. The summed E-state index contributed by atoms with van der Waals surface area (Å²) >= 11 is 3.92. The number of fused-ring (bicyclic) bond motifs is 1. The van der Waals surface area contributed by atoms with Crippen molar-refractivity contribution in [3.63, 3.8) is 0 Å². The van der Waals surface area contributed by atoms with Gasteiger partial charge in [-0.25, -0.2) is 0 Å². The lowest BCUT2D eigenvalue weighted by Crippen LogP contribution is -2.05. The lowest BCUT2D eigenvalue weighted by Gasteiger charge is -2.19. The van der Waals surface area contributed by atoms with Crippen molar-refractivity contribution in [1.82, 2.24) is 0 Å². The molecule has 1 saturated carbocycles. The Morgan fingerprint density at radius 3 is 2.47 bits per heavy atom. The van der Waals surface area contributed by atoms with Gasteiger partial charge < -0.3 is 0 Å². The zero-order chi connectivity index (χ0) is 12.0. The number of aryl methyl sites for hydroxylation is 2. The largest absolute Gasteiger partial charge is 0.0836 e. The van der Waals surface area contributed by atoms with Gasteiger partial charge >= 0.3 is 0 Å². The van der Waals surface area contributed by atoms with Crippen LogP contribution in [0.3, 0.4) is 0 Å². The molecule has 2 unspecified atom stereocenters. The predicted octanol–water partition coefficient (Wildman–Crippen LogP) is 5.05. The predicted molar refractivity (Wildman–Crippen MR) is 76.6 cm³/mol. The van der Waals surface area contributed by atoms with Crippen LogP contribution in [0, 0.1) is 11.3 Å². The first kappa shape index (κ1) is 11.8. The first-order valence-electron chi connectivity index (χ1n) is 6.84. The summed E-state index contributed by atoms with van der Waals surface area (Å²) < 4.78 is 0. The number of alkyl halides is 1. The molecule has 0 nitrogen and oxygen atoms in total. The maximum atomic E-state index is 3.92. The lowest BCUT2D eigenvalue weighted by atomic mass is 9.89. The van der Waals surface area contributed by atoms with E-state index in [0.29, 0.717) is 10.2 Å². The summed E-state index contributed by atoms with van der Waals surface area (Å²) in [6.07, 6.45) is 6.69. The molecule has 2 aliphatic rings. The minimum atomic E-state index is 0.546. The van der Waals surface area contributed by atoms with E-state index in [1.54, 1.807) is 11.1 Å². The Hall–Kier alpha value is -0.300. The van der Waals surface area contributed by atoms with Gasteiger partial charge in [-0.3, -0.25) is 0 Å². The smallest absolute Gasteiger partial charge is 0.0428 e. The Morgan fingerprint density at radius 2 is 1.82 bits per heavy atom. The van der Waals surface area contributed by atoms with Crippen molar-refractivity contribution in [3.05, 3.63) is 34.9 Å². The van der Waals surface area contributed by atoms with E-state index in [0.717, 1.165) is 5.92 Å². The number of benzene rings is 1. The van der Waals surface area contributed by atoms with Crippen LogP contribution >= 0.6 is 15.9 Å². The zero-order valence-corrected chi connectivity index (χ0v) is 12.4. The fourth-order valence-electron chi connectivity index (χ4n) is 3.16. The summed E-state index contributed by atoms with van der Waals surface area (Å²) in [5.41, 5.74) is 5.25. The van der Waals surface area contributed by atoms with Gasteiger partial charge in [-0.1, -0.05) is 48.0 Å². The van der Waals surface area contributed by atoms with E-state index in [2.05, 4.69) is 48.0 Å². The van der Waals surface area contributed by atoms with Crippen LogP contribution in [0.1, 0.15) is 54.6 Å². The van der Waals surface area contributed by atoms with E-state index in [1.165, 1.54) is 37.7 Å². The highest BCUT2D eigenvalue weighted by molar-refractivity contribution is 9.09. The molecule has 92 valence electrons. The second-order valence-corrected chi connectivity index (χ2v) is 7.42. The molecule has 17 heavy (non-hydrogen) atoms. The zero-order valence-electron chi connectivity index (χ0n) is 10.8. The highest BCUT2D eigenvalue weighted by atomic mass is 79.9. The minimum Gasteiger partial charge on any atom is -0.0836 e.